The molecule has 2 aromatic carbocycles. The van der Waals surface area contributed by atoms with Crippen molar-refractivity contribution >= 4 is 49.7 Å². The number of aromatic hydroxyl groups is 1. The maximum Gasteiger partial charge on any atom is 0.573 e. The van der Waals surface area contributed by atoms with Crippen molar-refractivity contribution in [2.75, 3.05) is 11.9 Å². The van der Waals surface area contributed by atoms with Crippen LogP contribution in [0.1, 0.15) is 5.56 Å². The van der Waals surface area contributed by atoms with E-state index in [9.17, 15) is 23.1 Å². The van der Waals surface area contributed by atoms with Crippen LogP contribution in [0.3, 0.4) is 0 Å². The van der Waals surface area contributed by atoms with Crippen LogP contribution < -0.4 is 15.5 Å². The molecule has 0 unspecified atom stereocenters. The van der Waals surface area contributed by atoms with Gasteiger partial charge in [0.15, 0.2) is 0 Å². The van der Waals surface area contributed by atoms with E-state index in [1.54, 1.807) is 12.1 Å². The summed E-state index contributed by atoms with van der Waals surface area (Å²) in [6.07, 6.45) is -3.37. The number of phenolic OH excluding ortho intramolecular Hbond substituents is 1. The summed E-state index contributed by atoms with van der Waals surface area (Å²) in [5.74, 6) is -0.765. The third kappa shape index (κ3) is 7.10. The summed E-state index contributed by atoms with van der Waals surface area (Å²) in [5.41, 5.74) is 3.36. The fourth-order valence-electron chi connectivity index (χ4n) is 1.83. The van der Waals surface area contributed by atoms with E-state index in [0.29, 0.717) is 20.2 Å². The second-order valence-electron chi connectivity index (χ2n) is 5.05. The molecule has 0 aliphatic heterocycles. The maximum atomic E-state index is 12.1. The van der Waals surface area contributed by atoms with Crippen molar-refractivity contribution in [3.63, 3.8) is 0 Å². The zero-order valence-corrected chi connectivity index (χ0v) is 16.5. The van der Waals surface area contributed by atoms with Crippen molar-refractivity contribution in [2.45, 2.75) is 6.36 Å². The molecule has 0 atom stereocenters. The van der Waals surface area contributed by atoms with E-state index in [1.165, 1.54) is 18.3 Å². The van der Waals surface area contributed by atoms with Crippen LogP contribution in [0.4, 0.5) is 18.9 Å². The predicted molar refractivity (Wildman–Crippen MR) is 101 cm³/mol. The number of hydrogen-bond donors (Lipinski definition) is 3. The van der Waals surface area contributed by atoms with Crippen LogP contribution in [0, 0.1) is 0 Å². The predicted octanol–water partition coefficient (Wildman–Crippen LogP) is 4.38. The zero-order valence-electron chi connectivity index (χ0n) is 13.3. The van der Waals surface area contributed by atoms with Crippen molar-refractivity contribution in [3.8, 4) is 11.5 Å². The van der Waals surface area contributed by atoms with E-state index in [2.05, 4.69) is 52.4 Å². The standard InChI is InChI=1S/C16H12Br2F3N3O3/c17-12-5-9(6-13(18)15(12)26)7-23-24-14(25)8-22-10-1-3-11(4-2-10)27-16(19,20)21/h1-7,22,26H,8H2,(H,24,25)/b23-7+. The summed E-state index contributed by atoms with van der Waals surface area (Å²) in [6.45, 7) is -0.139. The van der Waals surface area contributed by atoms with Crippen LogP contribution in [-0.4, -0.2) is 30.1 Å². The molecule has 0 bridgehead atoms. The molecule has 27 heavy (non-hydrogen) atoms. The molecule has 11 heteroatoms. The van der Waals surface area contributed by atoms with E-state index in [0.717, 1.165) is 12.1 Å². The number of phenols is 1. The Morgan fingerprint density at radius 3 is 2.33 bits per heavy atom. The average Bonchev–Trinajstić information content (AvgIpc) is 2.57. The van der Waals surface area contributed by atoms with Crippen LogP contribution >= 0.6 is 31.9 Å². The van der Waals surface area contributed by atoms with Gasteiger partial charge in [0.1, 0.15) is 11.5 Å². The molecule has 0 aliphatic rings. The molecule has 3 N–H and O–H groups in total. The maximum absolute atomic E-state index is 12.1. The highest BCUT2D eigenvalue weighted by Gasteiger charge is 2.30. The van der Waals surface area contributed by atoms with Gasteiger partial charge in [0, 0.05) is 5.69 Å². The SMILES string of the molecule is O=C(CNc1ccc(OC(F)(F)F)cc1)N/N=C/c1cc(Br)c(O)c(Br)c1. The number of ether oxygens (including phenoxy) is 1. The molecule has 2 rings (SSSR count). The van der Waals surface area contributed by atoms with Gasteiger partial charge < -0.3 is 15.2 Å². The number of hydrogen-bond acceptors (Lipinski definition) is 5. The minimum Gasteiger partial charge on any atom is -0.506 e. The Morgan fingerprint density at radius 1 is 1.19 bits per heavy atom. The van der Waals surface area contributed by atoms with Crippen molar-refractivity contribution in [1.82, 2.24) is 5.43 Å². The van der Waals surface area contributed by atoms with Gasteiger partial charge in [-0.15, -0.1) is 13.2 Å². The highest BCUT2D eigenvalue weighted by atomic mass is 79.9. The van der Waals surface area contributed by atoms with Gasteiger partial charge in [-0.1, -0.05) is 0 Å². The fourth-order valence-corrected chi connectivity index (χ4v) is 3.06. The third-order valence-electron chi connectivity index (χ3n) is 2.98. The Kier molecular flexibility index (Phi) is 7.08. The molecule has 0 aromatic heterocycles. The number of alkyl halides is 3. The van der Waals surface area contributed by atoms with Crippen molar-refractivity contribution < 1.29 is 27.8 Å². The van der Waals surface area contributed by atoms with E-state index in [4.69, 9.17) is 0 Å². The summed E-state index contributed by atoms with van der Waals surface area (Å²) in [6, 6.07) is 8.18. The van der Waals surface area contributed by atoms with Gasteiger partial charge in [0.25, 0.3) is 5.91 Å². The molecule has 0 heterocycles. The van der Waals surface area contributed by atoms with Crippen LogP contribution in [0.15, 0.2) is 50.4 Å². The largest absolute Gasteiger partial charge is 0.573 e. The number of hydrazone groups is 1. The van der Waals surface area contributed by atoms with Crippen molar-refractivity contribution in [2.24, 2.45) is 5.10 Å². The lowest BCUT2D eigenvalue weighted by molar-refractivity contribution is -0.274. The van der Waals surface area contributed by atoms with Crippen LogP contribution in [0.2, 0.25) is 0 Å². The first-order chi connectivity index (χ1) is 12.6. The van der Waals surface area contributed by atoms with E-state index < -0.39 is 12.3 Å². The second-order valence-corrected chi connectivity index (χ2v) is 6.76. The zero-order chi connectivity index (χ0) is 20.0. The number of carbonyl (C=O) groups excluding carboxylic acids is 1. The number of benzene rings is 2. The first kappa shape index (κ1) is 21.0. The number of rotatable bonds is 6. The summed E-state index contributed by atoms with van der Waals surface area (Å²) in [5, 5.41) is 16.1. The quantitative estimate of drug-likeness (QED) is 0.398. The number of carbonyl (C=O) groups is 1. The molecule has 6 nitrogen and oxygen atoms in total. The lowest BCUT2D eigenvalue weighted by atomic mass is 10.2. The number of anilines is 1. The summed E-state index contributed by atoms with van der Waals surface area (Å²) in [4.78, 5) is 11.7. The second kappa shape index (κ2) is 9.09. The molecule has 144 valence electrons. The normalized spacial score (nSPS) is 11.4. The van der Waals surface area contributed by atoms with Gasteiger partial charge in [-0.2, -0.15) is 5.10 Å². The van der Waals surface area contributed by atoms with Crippen molar-refractivity contribution in [1.29, 1.82) is 0 Å². The Morgan fingerprint density at radius 2 is 1.78 bits per heavy atom. The Hall–Kier alpha value is -2.27. The number of nitrogens with one attached hydrogen (secondary N) is 2. The minimum atomic E-state index is -4.75. The van der Waals surface area contributed by atoms with E-state index >= 15 is 0 Å². The molecule has 0 aliphatic carbocycles. The monoisotopic (exact) mass is 509 g/mol. The Balaban J connectivity index is 1.82. The lowest BCUT2D eigenvalue weighted by Gasteiger charge is -2.10. The van der Waals surface area contributed by atoms with Crippen LogP contribution in [0.5, 0.6) is 11.5 Å². The Labute approximate surface area is 168 Å². The number of amides is 1. The van der Waals surface area contributed by atoms with E-state index in [1.807, 2.05) is 0 Å². The number of halogens is 5. The van der Waals surface area contributed by atoms with Gasteiger partial charge in [-0.25, -0.2) is 5.43 Å². The number of nitrogens with zero attached hydrogens (tertiary/aromatic N) is 1. The van der Waals surface area contributed by atoms with Gasteiger partial charge in [0.05, 0.1) is 21.7 Å². The van der Waals surface area contributed by atoms with Gasteiger partial charge in [-0.3, -0.25) is 4.79 Å². The molecular weight excluding hydrogens is 499 g/mol. The summed E-state index contributed by atoms with van der Waals surface area (Å²) >= 11 is 6.36. The first-order valence-corrected chi connectivity index (χ1v) is 8.82. The molecule has 0 spiro atoms. The Bertz CT molecular complexity index is 820. The van der Waals surface area contributed by atoms with Gasteiger partial charge >= 0.3 is 6.36 Å². The lowest BCUT2D eigenvalue weighted by Crippen LogP contribution is -2.25. The van der Waals surface area contributed by atoms with Gasteiger partial charge in [0.2, 0.25) is 0 Å². The van der Waals surface area contributed by atoms with Crippen molar-refractivity contribution in [3.05, 3.63) is 50.9 Å². The molecule has 2 aromatic rings. The van der Waals surface area contributed by atoms with Gasteiger partial charge in [-0.05, 0) is 73.8 Å². The molecule has 0 fully saturated rings. The fraction of sp³-hybridized carbons (Fsp3) is 0.125. The van der Waals surface area contributed by atoms with Crippen LogP contribution in [-0.2, 0) is 4.79 Å². The highest BCUT2D eigenvalue weighted by molar-refractivity contribution is 9.11. The molecular formula is C16H12Br2F3N3O3. The summed E-state index contributed by atoms with van der Waals surface area (Å²) < 4.78 is 40.9. The summed E-state index contributed by atoms with van der Waals surface area (Å²) in [7, 11) is 0. The molecule has 0 radical (unpaired) electrons. The highest BCUT2D eigenvalue weighted by Crippen LogP contribution is 2.32. The van der Waals surface area contributed by atoms with Crippen LogP contribution in [0.25, 0.3) is 0 Å². The minimum absolute atomic E-state index is 0.0482. The smallest absolute Gasteiger partial charge is 0.506 e. The third-order valence-corrected chi connectivity index (χ3v) is 4.19. The average molecular weight is 511 g/mol. The van der Waals surface area contributed by atoms with E-state index in [-0.39, 0.29) is 18.0 Å². The first-order valence-electron chi connectivity index (χ1n) is 7.23. The topological polar surface area (TPSA) is 83.0 Å². The molecule has 0 saturated heterocycles. The molecule has 0 saturated carbocycles. The molecule has 1 amide bonds.